The van der Waals surface area contributed by atoms with Gasteiger partial charge in [-0.1, -0.05) is 30.3 Å². The number of hydrogen-bond donors (Lipinski definition) is 1. The van der Waals surface area contributed by atoms with E-state index in [0.717, 1.165) is 5.56 Å². The highest BCUT2D eigenvalue weighted by molar-refractivity contribution is 6.46. The smallest absolute Gasteiger partial charge is 0.296 e. The van der Waals surface area contributed by atoms with Crippen molar-refractivity contribution in [1.82, 2.24) is 9.88 Å². The Kier molecular flexibility index (Phi) is 5.89. The molecule has 0 radical (unpaired) electrons. The molecule has 1 fully saturated rings. The Bertz CT molecular complexity index is 1190. The van der Waals surface area contributed by atoms with Crippen LogP contribution in [-0.2, 0) is 16.1 Å². The predicted molar refractivity (Wildman–Crippen MR) is 118 cm³/mol. The summed E-state index contributed by atoms with van der Waals surface area (Å²) in [6, 6.07) is 18.4. The van der Waals surface area contributed by atoms with Gasteiger partial charge in [0.2, 0.25) is 0 Å². The number of nitrogens with zero attached hydrogens (tertiary/aromatic N) is 2. The first kappa shape index (κ1) is 21.1. The summed E-state index contributed by atoms with van der Waals surface area (Å²) in [5, 5.41) is 11.1. The molecule has 1 N–H and O–H groups in total. The normalized spacial score (nSPS) is 17.4. The highest BCUT2D eigenvalue weighted by atomic mass is 16.5. The minimum absolute atomic E-state index is 0.00940. The van der Waals surface area contributed by atoms with Crippen molar-refractivity contribution >= 4 is 17.4 Å². The molecule has 2 aromatic carbocycles. The van der Waals surface area contributed by atoms with Crippen LogP contribution in [0.2, 0.25) is 0 Å². The number of carbonyl (C=O) groups is 2. The third kappa shape index (κ3) is 3.92. The van der Waals surface area contributed by atoms with Crippen LogP contribution in [0.5, 0.6) is 11.5 Å². The quantitative estimate of drug-likeness (QED) is 0.364. The fourth-order valence-corrected chi connectivity index (χ4v) is 3.78. The van der Waals surface area contributed by atoms with Crippen molar-refractivity contribution < 1.29 is 24.2 Å². The number of aliphatic hydroxyl groups is 1. The largest absolute Gasteiger partial charge is 0.507 e. The number of likely N-dealkylation sites (tertiary alicyclic amines) is 1. The zero-order valence-electron chi connectivity index (χ0n) is 17.7. The van der Waals surface area contributed by atoms with Gasteiger partial charge in [0.05, 0.1) is 25.5 Å². The lowest BCUT2D eigenvalue weighted by Crippen LogP contribution is -2.29. The minimum atomic E-state index is -0.839. The van der Waals surface area contributed by atoms with Crippen molar-refractivity contribution in [2.75, 3.05) is 14.2 Å². The predicted octanol–water partition coefficient (Wildman–Crippen LogP) is 3.72. The van der Waals surface area contributed by atoms with Crippen LogP contribution in [0.3, 0.4) is 0 Å². The van der Waals surface area contributed by atoms with Crippen molar-refractivity contribution in [3.63, 3.8) is 0 Å². The van der Waals surface area contributed by atoms with Crippen molar-refractivity contribution in [3.8, 4) is 11.5 Å². The minimum Gasteiger partial charge on any atom is -0.507 e. The number of amides is 1. The van der Waals surface area contributed by atoms with Crippen LogP contribution in [0.4, 0.5) is 0 Å². The van der Waals surface area contributed by atoms with Crippen molar-refractivity contribution in [2.45, 2.75) is 12.6 Å². The summed E-state index contributed by atoms with van der Waals surface area (Å²) in [6.45, 7) is 0.151. The van der Waals surface area contributed by atoms with Crippen molar-refractivity contribution in [2.24, 2.45) is 0 Å². The summed E-state index contributed by atoms with van der Waals surface area (Å²) >= 11 is 0. The maximum Gasteiger partial charge on any atom is 0.296 e. The van der Waals surface area contributed by atoms with Crippen LogP contribution in [-0.4, -0.2) is 40.9 Å². The molecule has 0 saturated carbocycles. The van der Waals surface area contributed by atoms with Gasteiger partial charge in [-0.3, -0.25) is 14.6 Å². The molecule has 7 nitrogen and oxygen atoms in total. The summed E-state index contributed by atoms with van der Waals surface area (Å²) in [4.78, 5) is 32.0. The van der Waals surface area contributed by atoms with E-state index in [0.29, 0.717) is 22.8 Å². The molecule has 32 heavy (non-hydrogen) atoms. The molecule has 7 heteroatoms. The topological polar surface area (TPSA) is 89.0 Å². The molecule has 0 aliphatic carbocycles. The zero-order chi connectivity index (χ0) is 22.7. The van der Waals surface area contributed by atoms with Gasteiger partial charge in [0.15, 0.2) is 0 Å². The van der Waals surface area contributed by atoms with Gasteiger partial charge in [0, 0.05) is 18.3 Å². The van der Waals surface area contributed by atoms with Gasteiger partial charge in [0.1, 0.15) is 23.3 Å². The lowest BCUT2D eigenvalue weighted by molar-refractivity contribution is -0.140. The number of pyridine rings is 1. The van der Waals surface area contributed by atoms with Crippen LogP contribution in [0.15, 0.2) is 78.5 Å². The van der Waals surface area contributed by atoms with Crippen LogP contribution < -0.4 is 9.47 Å². The van der Waals surface area contributed by atoms with Crippen LogP contribution in [0.1, 0.15) is 22.9 Å². The lowest BCUT2D eigenvalue weighted by Gasteiger charge is -2.24. The number of rotatable bonds is 6. The van der Waals surface area contributed by atoms with E-state index in [9.17, 15) is 14.7 Å². The molecule has 1 amide bonds. The Balaban J connectivity index is 1.84. The molecule has 0 bridgehead atoms. The highest BCUT2D eigenvalue weighted by Crippen LogP contribution is 2.40. The molecule has 1 saturated heterocycles. The third-order valence-corrected chi connectivity index (χ3v) is 5.34. The van der Waals surface area contributed by atoms with Crippen LogP contribution >= 0.6 is 0 Å². The van der Waals surface area contributed by atoms with E-state index in [4.69, 9.17) is 9.47 Å². The van der Waals surface area contributed by atoms with Gasteiger partial charge in [-0.25, -0.2) is 0 Å². The fourth-order valence-electron chi connectivity index (χ4n) is 3.78. The molecule has 1 aliphatic heterocycles. The second-order valence-corrected chi connectivity index (χ2v) is 7.27. The molecule has 1 unspecified atom stereocenters. The van der Waals surface area contributed by atoms with Crippen LogP contribution in [0.25, 0.3) is 5.76 Å². The van der Waals surface area contributed by atoms with E-state index >= 15 is 0 Å². The maximum atomic E-state index is 13.1. The maximum absolute atomic E-state index is 13.1. The number of aliphatic hydroxyl groups excluding tert-OH is 1. The summed E-state index contributed by atoms with van der Waals surface area (Å²) in [5.41, 5.74) is 1.64. The third-order valence-electron chi connectivity index (χ3n) is 5.34. The first-order valence-electron chi connectivity index (χ1n) is 10.00. The summed E-state index contributed by atoms with van der Waals surface area (Å²) in [5.74, 6) is -0.568. The molecular formula is C25H22N2O5. The molecular weight excluding hydrogens is 408 g/mol. The summed E-state index contributed by atoms with van der Waals surface area (Å²) in [6.07, 6.45) is 1.59. The fraction of sp³-hybridized carbons (Fsp3) is 0.160. The van der Waals surface area contributed by atoms with Gasteiger partial charge in [-0.2, -0.15) is 0 Å². The Morgan fingerprint density at radius 1 is 0.969 bits per heavy atom. The van der Waals surface area contributed by atoms with Gasteiger partial charge >= 0.3 is 0 Å². The molecule has 1 atom stereocenters. The zero-order valence-corrected chi connectivity index (χ0v) is 17.7. The Labute approximate surface area is 185 Å². The van der Waals surface area contributed by atoms with Gasteiger partial charge in [0.25, 0.3) is 11.7 Å². The molecule has 1 aliphatic rings. The Morgan fingerprint density at radius 2 is 1.69 bits per heavy atom. The van der Waals surface area contributed by atoms with Crippen LogP contribution in [0, 0.1) is 0 Å². The van der Waals surface area contributed by atoms with Crippen molar-refractivity contribution in [1.29, 1.82) is 0 Å². The number of Topliss-reactive ketones (excluding diaryl/α,β-unsaturated/α-hetero) is 1. The first-order chi connectivity index (χ1) is 15.5. The van der Waals surface area contributed by atoms with Crippen molar-refractivity contribution in [3.05, 3.63) is 95.3 Å². The Hall–Kier alpha value is -4.13. The summed E-state index contributed by atoms with van der Waals surface area (Å²) in [7, 11) is 3.08. The number of carbonyl (C=O) groups excluding carboxylic acids is 2. The molecule has 0 spiro atoms. The number of ketones is 1. The number of hydrogen-bond acceptors (Lipinski definition) is 6. The number of aromatic nitrogens is 1. The molecule has 4 rings (SSSR count). The molecule has 1 aromatic heterocycles. The van der Waals surface area contributed by atoms with E-state index < -0.39 is 17.7 Å². The van der Waals surface area contributed by atoms with Gasteiger partial charge in [-0.05, 0) is 42.0 Å². The molecule has 2 heterocycles. The number of benzene rings is 2. The first-order valence-corrected chi connectivity index (χ1v) is 10.00. The molecule has 162 valence electrons. The van der Waals surface area contributed by atoms with Gasteiger partial charge in [-0.15, -0.1) is 0 Å². The highest BCUT2D eigenvalue weighted by Gasteiger charge is 2.46. The monoisotopic (exact) mass is 430 g/mol. The standard InChI is InChI=1S/C25H22N2O5/c1-31-18-9-5-7-16(13-18)15-27-22(20-11-3-4-12-26-20)21(24(29)25(27)30)23(28)17-8-6-10-19(14-17)32-2/h3-14,22,28H,15H2,1-2H3/b23-21-. The molecule has 3 aromatic rings. The number of ether oxygens (including phenoxy) is 2. The average molecular weight is 430 g/mol. The van der Waals surface area contributed by atoms with E-state index in [2.05, 4.69) is 4.98 Å². The average Bonchev–Trinajstić information content (AvgIpc) is 3.09. The second kappa shape index (κ2) is 8.93. The Morgan fingerprint density at radius 3 is 2.38 bits per heavy atom. The summed E-state index contributed by atoms with van der Waals surface area (Å²) < 4.78 is 10.5. The van der Waals surface area contributed by atoms with E-state index in [1.165, 1.54) is 12.0 Å². The van der Waals surface area contributed by atoms with Gasteiger partial charge < -0.3 is 19.5 Å². The lowest BCUT2D eigenvalue weighted by atomic mass is 9.98. The SMILES string of the molecule is COc1cccc(CN2C(=O)C(=O)/C(=C(\O)c3cccc(OC)c3)C2c2ccccn2)c1. The number of methoxy groups -OCH3 is 2. The van der Waals surface area contributed by atoms with E-state index in [1.54, 1.807) is 67.9 Å². The van der Waals surface area contributed by atoms with E-state index in [1.807, 2.05) is 12.1 Å². The van der Waals surface area contributed by atoms with E-state index in [-0.39, 0.29) is 17.9 Å². The second-order valence-electron chi connectivity index (χ2n) is 7.27.